The van der Waals surface area contributed by atoms with E-state index in [2.05, 4.69) is 17.6 Å². The molecule has 2 aromatic carbocycles. The Morgan fingerprint density at radius 3 is 2.55 bits per heavy atom. The van der Waals surface area contributed by atoms with E-state index >= 15 is 4.39 Å². The summed E-state index contributed by atoms with van der Waals surface area (Å²) in [7, 11) is 0. The Morgan fingerprint density at radius 1 is 1.17 bits per heavy atom. The minimum Gasteiger partial charge on any atom is -0.444 e. The normalized spacial score (nSPS) is 12.9. The summed E-state index contributed by atoms with van der Waals surface area (Å²) in [6, 6.07) is 10.4. The van der Waals surface area contributed by atoms with E-state index < -0.39 is 47.9 Å². The third kappa shape index (κ3) is 9.15. The summed E-state index contributed by atoms with van der Waals surface area (Å²) in [5.74, 6) is -1.99. The number of nitriles is 1. The Kier molecular flexibility index (Phi) is 11.2. The highest BCUT2D eigenvalue weighted by atomic mass is 19.1. The van der Waals surface area contributed by atoms with Gasteiger partial charge in [0.25, 0.3) is 5.91 Å². The van der Waals surface area contributed by atoms with Crippen molar-refractivity contribution in [2.45, 2.75) is 71.2 Å². The van der Waals surface area contributed by atoms with Crippen molar-refractivity contribution in [3.05, 3.63) is 58.3 Å². The Balaban J connectivity index is 1.65. The molecule has 0 radical (unpaired) electrons. The first-order chi connectivity index (χ1) is 19.9. The lowest BCUT2D eigenvalue weighted by Crippen LogP contribution is -2.47. The number of amides is 2. The number of benzene rings is 2. The predicted octanol–water partition coefficient (Wildman–Crippen LogP) is 3.65. The SMILES string of the molecule is CCCCOCCn1c(=O)oc2ccc(-c3ccc(C[C@@H](C#N)NC(=O)[C@@H](O)CNC(=O)OC(C)(C)C)c(F)c3)cc21. The Hall–Kier alpha value is -4.21. The van der Waals surface area contributed by atoms with Crippen molar-refractivity contribution in [2.75, 3.05) is 19.8 Å². The standard InChI is InChI=1S/C30H37FN4O7/c1-5-6-12-40-13-11-35-24-16-20(9-10-26(24)41-29(35)39)19-7-8-21(23(31)15-19)14-22(17-32)34-27(37)25(36)18-33-28(38)42-30(2,3)4/h7-10,15-16,22,25,36H,5-6,11-14,18H2,1-4H3,(H,33,38)(H,34,37)/t22-,25-/m0/s1. The molecule has 3 aromatic rings. The van der Waals surface area contributed by atoms with Gasteiger partial charge in [0.1, 0.15) is 23.6 Å². The van der Waals surface area contributed by atoms with Crippen molar-refractivity contribution < 1.29 is 33.0 Å². The molecule has 0 aliphatic heterocycles. The largest absolute Gasteiger partial charge is 0.444 e. The number of unbranched alkanes of at least 4 members (excludes halogenated alkanes) is 1. The maximum Gasteiger partial charge on any atom is 0.420 e. The van der Waals surface area contributed by atoms with Crippen molar-refractivity contribution in [1.82, 2.24) is 15.2 Å². The second-order valence-electron chi connectivity index (χ2n) is 10.8. The van der Waals surface area contributed by atoms with Crippen LogP contribution in [0.25, 0.3) is 22.2 Å². The Labute approximate surface area is 243 Å². The second-order valence-corrected chi connectivity index (χ2v) is 10.8. The highest BCUT2D eigenvalue weighted by Gasteiger charge is 2.23. The molecule has 226 valence electrons. The van der Waals surface area contributed by atoms with Crippen LogP contribution in [0.5, 0.6) is 0 Å². The van der Waals surface area contributed by atoms with Gasteiger partial charge >= 0.3 is 11.8 Å². The van der Waals surface area contributed by atoms with Gasteiger partial charge in [0.05, 0.1) is 31.3 Å². The molecule has 42 heavy (non-hydrogen) atoms. The number of carbonyl (C=O) groups is 2. The Morgan fingerprint density at radius 2 is 1.88 bits per heavy atom. The molecular formula is C30H37FN4O7. The predicted molar refractivity (Wildman–Crippen MR) is 153 cm³/mol. The van der Waals surface area contributed by atoms with Gasteiger partial charge in [-0.25, -0.2) is 14.0 Å². The van der Waals surface area contributed by atoms with E-state index in [4.69, 9.17) is 13.9 Å². The summed E-state index contributed by atoms with van der Waals surface area (Å²) < 4.78 is 32.5. The molecule has 1 heterocycles. The number of aromatic nitrogens is 1. The molecule has 0 bridgehead atoms. The smallest absolute Gasteiger partial charge is 0.420 e. The van der Waals surface area contributed by atoms with Gasteiger partial charge in [0.2, 0.25) is 0 Å². The van der Waals surface area contributed by atoms with Crippen molar-refractivity contribution in [2.24, 2.45) is 0 Å². The third-order valence-corrected chi connectivity index (χ3v) is 6.19. The molecule has 3 N–H and O–H groups in total. The number of aliphatic hydroxyl groups is 1. The molecule has 0 unspecified atom stereocenters. The first-order valence-electron chi connectivity index (χ1n) is 13.8. The Bertz CT molecular complexity index is 1490. The molecule has 0 spiro atoms. The topological polar surface area (TPSA) is 156 Å². The lowest BCUT2D eigenvalue weighted by Gasteiger charge is -2.21. The number of nitrogens with one attached hydrogen (secondary N) is 2. The van der Waals surface area contributed by atoms with Crippen LogP contribution < -0.4 is 16.4 Å². The van der Waals surface area contributed by atoms with E-state index in [-0.39, 0.29) is 12.0 Å². The van der Waals surface area contributed by atoms with Crippen LogP contribution in [0.3, 0.4) is 0 Å². The van der Waals surface area contributed by atoms with Crippen LogP contribution in [0, 0.1) is 17.1 Å². The van der Waals surface area contributed by atoms with Gasteiger partial charge < -0.3 is 29.6 Å². The number of aliphatic hydroxyl groups excluding tert-OH is 1. The molecule has 0 aliphatic rings. The molecule has 2 atom stereocenters. The summed E-state index contributed by atoms with van der Waals surface area (Å²) >= 11 is 0. The van der Waals surface area contributed by atoms with Crippen LogP contribution in [0.2, 0.25) is 0 Å². The van der Waals surface area contributed by atoms with Crippen molar-refractivity contribution >= 4 is 23.1 Å². The fraction of sp³-hybridized carbons (Fsp3) is 0.467. The zero-order valence-electron chi connectivity index (χ0n) is 24.2. The number of carbonyl (C=O) groups excluding carboxylic acids is 2. The zero-order valence-corrected chi connectivity index (χ0v) is 24.2. The summed E-state index contributed by atoms with van der Waals surface area (Å²) in [5, 5.41) is 24.2. The van der Waals surface area contributed by atoms with Crippen LogP contribution in [0.1, 0.15) is 46.1 Å². The molecule has 0 saturated heterocycles. The number of rotatable bonds is 13. The lowest BCUT2D eigenvalue weighted by atomic mass is 10.00. The number of ether oxygens (including phenoxy) is 2. The molecular weight excluding hydrogens is 547 g/mol. The fourth-order valence-corrected chi connectivity index (χ4v) is 4.05. The average Bonchev–Trinajstić information content (AvgIpc) is 3.25. The minimum atomic E-state index is -1.64. The van der Waals surface area contributed by atoms with Crippen LogP contribution in [0.15, 0.2) is 45.6 Å². The number of halogens is 1. The van der Waals surface area contributed by atoms with E-state index in [1.54, 1.807) is 45.0 Å². The number of hydrogen-bond donors (Lipinski definition) is 3. The molecule has 1 aromatic heterocycles. The monoisotopic (exact) mass is 584 g/mol. The van der Waals surface area contributed by atoms with Gasteiger partial charge in [-0.3, -0.25) is 9.36 Å². The van der Waals surface area contributed by atoms with Crippen molar-refractivity contribution in [3.8, 4) is 17.2 Å². The summed E-state index contributed by atoms with van der Waals surface area (Å²) in [4.78, 5) is 36.4. The zero-order chi connectivity index (χ0) is 30.9. The lowest BCUT2D eigenvalue weighted by molar-refractivity contribution is -0.129. The molecule has 12 heteroatoms. The highest BCUT2D eigenvalue weighted by Crippen LogP contribution is 2.26. The minimum absolute atomic E-state index is 0.154. The molecule has 0 aliphatic carbocycles. The number of fused-ring (bicyclic) bond motifs is 1. The summed E-state index contributed by atoms with van der Waals surface area (Å²) in [6.45, 7) is 7.93. The molecule has 11 nitrogen and oxygen atoms in total. The van der Waals surface area contributed by atoms with E-state index in [0.29, 0.717) is 42.0 Å². The van der Waals surface area contributed by atoms with E-state index in [1.807, 2.05) is 6.07 Å². The number of oxazole rings is 1. The van der Waals surface area contributed by atoms with Crippen molar-refractivity contribution in [1.29, 1.82) is 5.26 Å². The quantitative estimate of drug-likeness (QED) is 0.257. The number of hydrogen-bond acceptors (Lipinski definition) is 8. The molecule has 2 amide bonds. The van der Waals surface area contributed by atoms with Gasteiger partial charge in [0, 0.05) is 13.0 Å². The highest BCUT2D eigenvalue weighted by molar-refractivity contribution is 5.82. The molecule has 0 fully saturated rings. The van der Waals surface area contributed by atoms with Crippen LogP contribution in [0.4, 0.5) is 9.18 Å². The first kappa shape index (κ1) is 32.3. The van der Waals surface area contributed by atoms with Gasteiger partial charge in [-0.15, -0.1) is 0 Å². The van der Waals surface area contributed by atoms with Gasteiger partial charge in [-0.2, -0.15) is 5.26 Å². The first-order valence-corrected chi connectivity index (χ1v) is 13.8. The van der Waals surface area contributed by atoms with Crippen LogP contribution >= 0.6 is 0 Å². The fourth-order valence-electron chi connectivity index (χ4n) is 4.05. The van der Waals surface area contributed by atoms with Gasteiger partial charge in [-0.05, 0) is 62.1 Å². The third-order valence-electron chi connectivity index (χ3n) is 6.19. The van der Waals surface area contributed by atoms with Crippen LogP contribution in [-0.4, -0.2) is 59.2 Å². The summed E-state index contributed by atoms with van der Waals surface area (Å²) in [6.07, 6.45) is -0.654. The van der Waals surface area contributed by atoms with E-state index in [0.717, 1.165) is 12.8 Å². The number of nitrogens with zero attached hydrogens (tertiary/aromatic N) is 2. The van der Waals surface area contributed by atoms with Gasteiger partial charge in [-0.1, -0.05) is 31.5 Å². The molecule has 3 rings (SSSR count). The number of alkyl carbamates (subject to hydrolysis) is 1. The van der Waals surface area contributed by atoms with Crippen LogP contribution in [-0.2, 0) is 27.2 Å². The average molecular weight is 585 g/mol. The van der Waals surface area contributed by atoms with Crippen molar-refractivity contribution in [3.63, 3.8) is 0 Å². The van der Waals surface area contributed by atoms with Gasteiger partial charge in [0.15, 0.2) is 5.58 Å². The summed E-state index contributed by atoms with van der Waals surface area (Å²) in [5.41, 5.74) is 1.59. The van der Waals surface area contributed by atoms with E-state index in [9.17, 15) is 24.8 Å². The van der Waals surface area contributed by atoms with E-state index in [1.165, 1.54) is 16.7 Å². The second kappa shape index (κ2) is 14.6. The maximum atomic E-state index is 15.1. The molecule has 0 saturated carbocycles. The maximum absolute atomic E-state index is 15.1.